The van der Waals surface area contributed by atoms with Crippen molar-refractivity contribution in [2.75, 3.05) is 0 Å². The summed E-state index contributed by atoms with van der Waals surface area (Å²) in [6.45, 7) is 6.54. The number of thiophene rings is 1. The number of hydrogen-bond donors (Lipinski definition) is 1. The normalized spacial score (nSPS) is 11.7. The lowest BCUT2D eigenvalue weighted by Crippen LogP contribution is -2.07. The van der Waals surface area contributed by atoms with Gasteiger partial charge in [-0.1, -0.05) is 20.8 Å². The minimum atomic E-state index is -0.839. The van der Waals surface area contributed by atoms with Crippen molar-refractivity contribution < 1.29 is 9.90 Å². The molecule has 1 N–H and O–H groups in total. The standard InChI is InChI=1S/C13H15NO2S2/c1-13(2,3)10-5-4-9(18-10)12-14-8(7-17-12)6-11(15)16/h4-5,7H,6H2,1-3H3,(H,15,16). The van der Waals surface area contributed by atoms with Gasteiger partial charge in [0.25, 0.3) is 0 Å². The maximum atomic E-state index is 10.6. The first-order valence-electron chi connectivity index (χ1n) is 5.63. The molecule has 0 radical (unpaired) electrons. The van der Waals surface area contributed by atoms with Gasteiger partial charge in [0.05, 0.1) is 17.0 Å². The van der Waals surface area contributed by atoms with E-state index in [2.05, 4.69) is 37.9 Å². The van der Waals surface area contributed by atoms with Gasteiger partial charge in [0.15, 0.2) is 0 Å². The molecular formula is C13H15NO2S2. The van der Waals surface area contributed by atoms with Crippen molar-refractivity contribution in [2.24, 2.45) is 0 Å². The highest BCUT2D eigenvalue weighted by molar-refractivity contribution is 7.21. The van der Waals surface area contributed by atoms with Gasteiger partial charge in [0.1, 0.15) is 5.01 Å². The van der Waals surface area contributed by atoms with E-state index in [1.54, 1.807) is 11.3 Å². The average molecular weight is 281 g/mol. The third-order valence-corrected chi connectivity index (χ3v) is 5.01. The average Bonchev–Trinajstić information content (AvgIpc) is 2.81. The quantitative estimate of drug-likeness (QED) is 0.931. The Morgan fingerprint density at radius 3 is 2.67 bits per heavy atom. The maximum absolute atomic E-state index is 10.6. The van der Waals surface area contributed by atoms with Crippen molar-refractivity contribution in [3.8, 4) is 9.88 Å². The molecule has 0 aliphatic rings. The van der Waals surface area contributed by atoms with Crippen molar-refractivity contribution in [3.05, 3.63) is 28.1 Å². The minimum Gasteiger partial charge on any atom is -0.481 e. The lowest BCUT2D eigenvalue weighted by atomic mass is 9.95. The summed E-state index contributed by atoms with van der Waals surface area (Å²) < 4.78 is 0. The molecule has 0 bridgehead atoms. The Hall–Kier alpha value is -1.20. The van der Waals surface area contributed by atoms with E-state index in [4.69, 9.17) is 5.11 Å². The minimum absolute atomic E-state index is 0.00595. The number of nitrogens with zero attached hydrogens (tertiary/aromatic N) is 1. The highest BCUT2D eigenvalue weighted by Gasteiger charge is 2.17. The van der Waals surface area contributed by atoms with Crippen LogP contribution >= 0.6 is 22.7 Å². The monoisotopic (exact) mass is 281 g/mol. The van der Waals surface area contributed by atoms with Crippen LogP contribution in [0.3, 0.4) is 0 Å². The Kier molecular flexibility index (Phi) is 3.54. The van der Waals surface area contributed by atoms with Crippen LogP contribution in [-0.2, 0) is 16.6 Å². The predicted molar refractivity (Wildman–Crippen MR) is 75.5 cm³/mol. The zero-order valence-corrected chi connectivity index (χ0v) is 12.2. The van der Waals surface area contributed by atoms with Crippen LogP contribution in [0.15, 0.2) is 17.5 Å². The largest absolute Gasteiger partial charge is 0.481 e. The summed E-state index contributed by atoms with van der Waals surface area (Å²) >= 11 is 3.23. The zero-order chi connectivity index (χ0) is 13.3. The molecule has 0 aliphatic heterocycles. The van der Waals surface area contributed by atoms with Gasteiger partial charge in [0, 0.05) is 10.3 Å². The molecule has 2 aromatic rings. The first-order chi connectivity index (χ1) is 8.36. The fraction of sp³-hybridized carbons (Fsp3) is 0.385. The number of aromatic nitrogens is 1. The summed E-state index contributed by atoms with van der Waals surface area (Å²) in [7, 11) is 0. The Morgan fingerprint density at radius 1 is 1.39 bits per heavy atom. The summed E-state index contributed by atoms with van der Waals surface area (Å²) in [6, 6.07) is 4.19. The summed E-state index contributed by atoms with van der Waals surface area (Å²) in [5, 5.41) is 11.5. The smallest absolute Gasteiger partial charge is 0.309 e. The molecule has 2 rings (SSSR count). The molecule has 3 nitrogen and oxygen atoms in total. The predicted octanol–water partition coefficient (Wildman–Crippen LogP) is 3.80. The molecule has 0 fully saturated rings. The Morgan fingerprint density at radius 2 is 2.11 bits per heavy atom. The van der Waals surface area contributed by atoms with E-state index >= 15 is 0 Å². The van der Waals surface area contributed by atoms with E-state index < -0.39 is 5.97 Å². The Balaban J connectivity index is 2.24. The summed E-state index contributed by atoms with van der Waals surface area (Å²) in [4.78, 5) is 17.4. The number of thiazole rings is 1. The molecule has 0 aromatic carbocycles. The molecule has 2 heterocycles. The van der Waals surface area contributed by atoms with E-state index in [9.17, 15) is 4.79 Å². The van der Waals surface area contributed by atoms with Crippen molar-refractivity contribution in [1.82, 2.24) is 4.98 Å². The van der Waals surface area contributed by atoms with Crippen LogP contribution in [0, 0.1) is 0 Å². The van der Waals surface area contributed by atoms with Crippen molar-refractivity contribution in [3.63, 3.8) is 0 Å². The van der Waals surface area contributed by atoms with Gasteiger partial charge in [-0.05, 0) is 17.5 Å². The lowest BCUT2D eigenvalue weighted by Gasteiger charge is -2.15. The van der Waals surface area contributed by atoms with Gasteiger partial charge in [-0.3, -0.25) is 4.79 Å². The first-order valence-corrected chi connectivity index (χ1v) is 7.33. The number of rotatable bonds is 3. The molecule has 0 saturated heterocycles. The van der Waals surface area contributed by atoms with Crippen molar-refractivity contribution >= 4 is 28.6 Å². The van der Waals surface area contributed by atoms with E-state index in [1.165, 1.54) is 16.2 Å². The number of hydrogen-bond acceptors (Lipinski definition) is 4. The van der Waals surface area contributed by atoms with Crippen LogP contribution in [0.1, 0.15) is 31.3 Å². The van der Waals surface area contributed by atoms with Crippen molar-refractivity contribution in [1.29, 1.82) is 0 Å². The molecular weight excluding hydrogens is 266 g/mol. The molecule has 0 saturated carbocycles. The second-order valence-electron chi connectivity index (χ2n) is 5.13. The number of carboxylic acids is 1. The number of aliphatic carboxylic acids is 1. The van der Waals surface area contributed by atoms with Crippen LogP contribution < -0.4 is 0 Å². The highest BCUT2D eigenvalue weighted by Crippen LogP contribution is 2.36. The highest BCUT2D eigenvalue weighted by atomic mass is 32.1. The molecule has 0 spiro atoms. The molecule has 0 amide bonds. The van der Waals surface area contributed by atoms with Crippen LogP contribution in [0.4, 0.5) is 0 Å². The second-order valence-corrected chi connectivity index (χ2v) is 7.07. The van der Waals surface area contributed by atoms with Crippen LogP contribution in [-0.4, -0.2) is 16.1 Å². The summed E-state index contributed by atoms with van der Waals surface area (Å²) in [6.07, 6.45) is -0.00595. The fourth-order valence-electron chi connectivity index (χ4n) is 1.51. The third kappa shape index (κ3) is 2.97. The Labute approximate surface area is 114 Å². The SMILES string of the molecule is CC(C)(C)c1ccc(-c2nc(CC(=O)O)cs2)s1. The molecule has 18 heavy (non-hydrogen) atoms. The number of carboxylic acid groups (broad SMARTS) is 1. The van der Waals surface area contributed by atoms with E-state index in [1.807, 2.05) is 5.38 Å². The number of carbonyl (C=O) groups is 1. The maximum Gasteiger partial charge on any atom is 0.309 e. The summed E-state index contributed by atoms with van der Waals surface area (Å²) in [5.74, 6) is -0.839. The molecule has 0 atom stereocenters. The molecule has 5 heteroatoms. The first kappa shape index (κ1) is 13.2. The molecule has 96 valence electrons. The van der Waals surface area contributed by atoms with Gasteiger partial charge in [-0.15, -0.1) is 22.7 Å². The topological polar surface area (TPSA) is 50.2 Å². The molecule has 0 unspecified atom stereocenters. The van der Waals surface area contributed by atoms with Crippen LogP contribution in [0.5, 0.6) is 0 Å². The molecule has 0 aliphatic carbocycles. The second kappa shape index (κ2) is 4.82. The fourth-order valence-corrected chi connectivity index (χ4v) is 3.47. The molecule has 2 aromatic heterocycles. The van der Waals surface area contributed by atoms with Gasteiger partial charge < -0.3 is 5.11 Å². The summed E-state index contributed by atoms with van der Waals surface area (Å²) in [5.41, 5.74) is 0.776. The van der Waals surface area contributed by atoms with Crippen LogP contribution in [0.2, 0.25) is 0 Å². The van der Waals surface area contributed by atoms with E-state index in [0.29, 0.717) is 5.69 Å². The Bertz CT molecular complexity index is 564. The van der Waals surface area contributed by atoms with Gasteiger partial charge in [0.2, 0.25) is 0 Å². The van der Waals surface area contributed by atoms with Gasteiger partial charge >= 0.3 is 5.97 Å². The van der Waals surface area contributed by atoms with Gasteiger partial charge in [-0.25, -0.2) is 4.98 Å². The lowest BCUT2D eigenvalue weighted by molar-refractivity contribution is -0.136. The van der Waals surface area contributed by atoms with Crippen molar-refractivity contribution in [2.45, 2.75) is 32.6 Å². The van der Waals surface area contributed by atoms with Gasteiger partial charge in [-0.2, -0.15) is 0 Å². The van der Waals surface area contributed by atoms with E-state index in [0.717, 1.165) is 9.88 Å². The van der Waals surface area contributed by atoms with E-state index in [-0.39, 0.29) is 11.8 Å². The van der Waals surface area contributed by atoms with Crippen LogP contribution in [0.25, 0.3) is 9.88 Å². The third-order valence-electron chi connectivity index (χ3n) is 2.44. The zero-order valence-electron chi connectivity index (χ0n) is 10.6.